The number of rotatable bonds is 1. The van der Waals surface area contributed by atoms with Gasteiger partial charge in [-0.15, -0.1) is 0 Å². The van der Waals surface area contributed by atoms with Crippen LogP contribution in [0.25, 0.3) is 11.6 Å². The Kier molecular flexibility index (Phi) is 1.70. The van der Waals surface area contributed by atoms with Crippen LogP contribution in [0.1, 0.15) is 0 Å². The predicted octanol–water partition coefficient (Wildman–Crippen LogP) is -1.40. The lowest BCUT2D eigenvalue weighted by atomic mass is 10.5. The summed E-state index contributed by atoms with van der Waals surface area (Å²) < 4.78 is 2.13. The summed E-state index contributed by atoms with van der Waals surface area (Å²) in [5.74, 6) is -0.107. The van der Waals surface area contributed by atoms with Crippen molar-refractivity contribution in [2.24, 2.45) is 0 Å². The Bertz CT molecular complexity index is 806. The van der Waals surface area contributed by atoms with Gasteiger partial charge in [0, 0.05) is 0 Å². The van der Waals surface area contributed by atoms with Gasteiger partial charge in [-0.25, -0.2) is 9.67 Å². The summed E-state index contributed by atoms with van der Waals surface area (Å²) in [5.41, 5.74) is -0.900. The molecule has 0 radical (unpaired) electrons. The predicted molar refractivity (Wildman–Crippen MR) is 55.2 cm³/mol. The van der Waals surface area contributed by atoms with Gasteiger partial charge in [0.15, 0.2) is 5.82 Å². The van der Waals surface area contributed by atoms with Crippen LogP contribution >= 0.6 is 0 Å². The molecule has 0 aliphatic carbocycles. The molecular formula is C8H6N6O3. The van der Waals surface area contributed by atoms with Crippen LogP contribution in [0.2, 0.25) is 0 Å². The molecule has 0 fully saturated rings. The largest absolute Gasteiger partial charge is 0.493 e. The van der Waals surface area contributed by atoms with Crippen LogP contribution in [0.15, 0.2) is 28.0 Å². The fourth-order valence-electron chi connectivity index (χ4n) is 1.48. The Morgan fingerprint density at radius 2 is 2.12 bits per heavy atom. The van der Waals surface area contributed by atoms with E-state index in [-0.39, 0.29) is 17.5 Å². The van der Waals surface area contributed by atoms with E-state index >= 15 is 0 Å². The summed E-state index contributed by atoms with van der Waals surface area (Å²) in [6, 6.07) is 2.13. The number of hydrogen-bond acceptors (Lipinski definition) is 5. The molecule has 3 aromatic heterocycles. The number of H-pyrrole nitrogens is 2. The first-order chi connectivity index (χ1) is 8.15. The van der Waals surface area contributed by atoms with E-state index in [2.05, 4.69) is 20.2 Å². The van der Waals surface area contributed by atoms with Gasteiger partial charge in [0.1, 0.15) is 6.33 Å². The number of nitrogens with zero attached hydrogens (tertiary/aromatic N) is 4. The molecule has 0 aliphatic heterocycles. The van der Waals surface area contributed by atoms with Crippen molar-refractivity contribution in [3.8, 4) is 11.7 Å². The summed E-state index contributed by atoms with van der Waals surface area (Å²) in [5, 5.41) is 14.3. The monoisotopic (exact) mass is 234 g/mol. The van der Waals surface area contributed by atoms with Gasteiger partial charge in [0.05, 0.1) is 12.1 Å². The Morgan fingerprint density at radius 3 is 2.82 bits per heavy atom. The van der Waals surface area contributed by atoms with Gasteiger partial charge < -0.3 is 5.11 Å². The lowest BCUT2D eigenvalue weighted by molar-refractivity contribution is 0.432. The smallest absolute Gasteiger partial charge is 0.276 e. The van der Waals surface area contributed by atoms with Crippen LogP contribution < -0.4 is 11.1 Å². The minimum Gasteiger partial charge on any atom is -0.493 e. The summed E-state index contributed by atoms with van der Waals surface area (Å²) in [4.78, 5) is 30.4. The van der Waals surface area contributed by atoms with E-state index in [0.717, 1.165) is 21.3 Å². The average molecular weight is 234 g/mol. The second kappa shape index (κ2) is 3.07. The maximum absolute atomic E-state index is 11.6. The van der Waals surface area contributed by atoms with Crippen molar-refractivity contribution in [1.29, 1.82) is 0 Å². The van der Waals surface area contributed by atoms with Gasteiger partial charge in [0.25, 0.3) is 16.9 Å². The zero-order valence-corrected chi connectivity index (χ0v) is 8.28. The average Bonchev–Trinajstić information content (AvgIpc) is 2.84. The Morgan fingerprint density at radius 1 is 1.29 bits per heavy atom. The highest BCUT2D eigenvalue weighted by atomic mass is 16.3. The minimum absolute atomic E-state index is 0.0849. The van der Waals surface area contributed by atoms with Crippen LogP contribution in [0.5, 0.6) is 5.88 Å². The molecule has 0 aliphatic rings. The summed E-state index contributed by atoms with van der Waals surface area (Å²) in [6.45, 7) is 0. The summed E-state index contributed by atoms with van der Waals surface area (Å²) >= 11 is 0. The molecule has 3 N–H and O–H groups in total. The SMILES string of the molecule is O=c1cc(O)n(-c2cc(=O)n3[nH]cnc3n2)[nH]1. The maximum Gasteiger partial charge on any atom is 0.276 e. The number of nitrogens with one attached hydrogen (secondary N) is 2. The second-order valence-electron chi connectivity index (χ2n) is 3.29. The Labute approximate surface area is 92.0 Å². The lowest BCUT2D eigenvalue weighted by Crippen LogP contribution is -2.17. The van der Waals surface area contributed by atoms with Crippen LogP contribution in [0, 0.1) is 0 Å². The van der Waals surface area contributed by atoms with Crippen LogP contribution in [0.4, 0.5) is 0 Å². The third kappa shape index (κ3) is 1.33. The quantitative estimate of drug-likeness (QED) is 0.478. The van der Waals surface area contributed by atoms with Crippen LogP contribution in [-0.2, 0) is 0 Å². The molecule has 86 valence electrons. The fourth-order valence-corrected chi connectivity index (χ4v) is 1.48. The molecule has 3 rings (SSSR count). The first-order valence-electron chi connectivity index (χ1n) is 4.60. The molecule has 0 bridgehead atoms. The highest BCUT2D eigenvalue weighted by molar-refractivity contribution is 5.34. The third-order valence-corrected chi connectivity index (χ3v) is 2.19. The number of aromatic nitrogens is 6. The van der Waals surface area contributed by atoms with Crippen molar-refractivity contribution in [1.82, 2.24) is 29.4 Å². The lowest BCUT2D eigenvalue weighted by Gasteiger charge is -2.01. The number of aromatic amines is 2. The number of aromatic hydroxyl groups is 1. The van der Waals surface area contributed by atoms with Gasteiger partial charge in [-0.3, -0.25) is 19.8 Å². The van der Waals surface area contributed by atoms with E-state index < -0.39 is 11.1 Å². The molecule has 0 aromatic carbocycles. The standard InChI is InChI=1S/C8H6N6O3/c15-5-2-7(17)13(12-5)4-1-6(16)14-8(11-4)9-3-10-14/h1-3,17H,(H,12,15)(H,9,10,11). The van der Waals surface area contributed by atoms with E-state index in [4.69, 9.17) is 0 Å². The van der Waals surface area contributed by atoms with Gasteiger partial charge in [-0.2, -0.15) is 9.50 Å². The van der Waals surface area contributed by atoms with Crippen LogP contribution in [0.3, 0.4) is 0 Å². The zero-order valence-electron chi connectivity index (χ0n) is 8.28. The zero-order chi connectivity index (χ0) is 12.0. The van der Waals surface area contributed by atoms with E-state index in [1.807, 2.05) is 0 Å². The van der Waals surface area contributed by atoms with E-state index in [1.165, 1.54) is 6.33 Å². The molecule has 17 heavy (non-hydrogen) atoms. The molecule has 0 unspecified atom stereocenters. The Hall–Kier alpha value is -2.84. The maximum atomic E-state index is 11.6. The normalized spacial score (nSPS) is 11.1. The highest BCUT2D eigenvalue weighted by Gasteiger charge is 2.09. The van der Waals surface area contributed by atoms with Gasteiger partial charge in [0.2, 0.25) is 5.88 Å². The molecule has 0 saturated heterocycles. The topological polar surface area (TPSA) is 121 Å². The molecule has 9 heteroatoms. The van der Waals surface area contributed by atoms with Gasteiger partial charge in [-0.05, 0) is 0 Å². The second-order valence-corrected chi connectivity index (χ2v) is 3.29. The first kappa shape index (κ1) is 9.39. The van der Waals surface area contributed by atoms with Gasteiger partial charge >= 0.3 is 0 Å². The van der Waals surface area contributed by atoms with Crippen LogP contribution in [-0.4, -0.2) is 34.5 Å². The molecule has 0 amide bonds. The first-order valence-corrected chi connectivity index (χ1v) is 4.60. The highest BCUT2D eigenvalue weighted by Crippen LogP contribution is 2.09. The molecule has 9 nitrogen and oxygen atoms in total. The summed E-state index contributed by atoms with van der Waals surface area (Å²) in [7, 11) is 0. The minimum atomic E-state index is -0.494. The number of hydrogen-bond donors (Lipinski definition) is 3. The third-order valence-electron chi connectivity index (χ3n) is 2.19. The molecule has 0 atom stereocenters. The van der Waals surface area contributed by atoms with Crippen molar-refractivity contribution >= 4 is 5.78 Å². The van der Waals surface area contributed by atoms with Crippen molar-refractivity contribution in [2.45, 2.75) is 0 Å². The van der Waals surface area contributed by atoms with Crippen molar-refractivity contribution < 1.29 is 5.11 Å². The van der Waals surface area contributed by atoms with E-state index in [0.29, 0.717) is 0 Å². The van der Waals surface area contributed by atoms with E-state index in [1.54, 1.807) is 0 Å². The molecule has 0 saturated carbocycles. The Balaban J connectivity index is 2.34. The molecule has 3 aromatic rings. The van der Waals surface area contributed by atoms with Gasteiger partial charge in [-0.1, -0.05) is 0 Å². The van der Waals surface area contributed by atoms with Crippen molar-refractivity contribution in [3.63, 3.8) is 0 Å². The van der Waals surface area contributed by atoms with E-state index in [9.17, 15) is 14.7 Å². The molecular weight excluding hydrogens is 228 g/mol. The van der Waals surface area contributed by atoms with Crippen molar-refractivity contribution in [3.05, 3.63) is 39.2 Å². The molecule has 3 heterocycles. The van der Waals surface area contributed by atoms with Crippen molar-refractivity contribution in [2.75, 3.05) is 0 Å². The number of fused-ring (bicyclic) bond motifs is 1. The fraction of sp³-hybridized carbons (Fsp3) is 0. The summed E-state index contributed by atoms with van der Waals surface area (Å²) in [6.07, 6.45) is 1.31. The molecule has 0 spiro atoms.